The molecular formula is C15H23NO2. The van der Waals surface area contributed by atoms with Crippen molar-refractivity contribution < 1.29 is 9.84 Å². The van der Waals surface area contributed by atoms with Crippen LogP contribution in [0.25, 0.3) is 0 Å². The molecule has 1 N–H and O–H groups in total. The molecule has 18 heavy (non-hydrogen) atoms. The van der Waals surface area contributed by atoms with Crippen molar-refractivity contribution in [3.05, 3.63) is 29.8 Å². The molecule has 3 nitrogen and oxygen atoms in total. The molecule has 0 amide bonds. The van der Waals surface area contributed by atoms with Gasteiger partial charge in [-0.1, -0.05) is 12.1 Å². The average molecular weight is 249 g/mol. The molecule has 0 spiro atoms. The summed E-state index contributed by atoms with van der Waals surface area (Å²) < 4.78 is 5.99. The Kier molecular flexibility index (Phi) is 5.02. The van der Waals surface area contributed by atoms with Crippen molar-refractivity contribution in [1.29, 1.82) is 0 Å². The fourth-order valence-electron chi connectivity index (χ4n) is 2.43. The molecule has 1 aliphatic rings. The monoisotopic (exact) mass is 249 g/mol. The van der Waals surface area contributed by atoms with Crippen LogP contribution in [0.4, 0.5) is 0 Å². The molecule has 0 radical (unpaired) electrons. The molecule has 1 heterocycles. The maximum atomic E-state index is 8.79. The minimum atomic E-state index is 0.257. The van der Waals surface area contributed by atoms with Crippen LogP contribution in [0.15, 0.2) is 24.3 Å². The summed E-state index contributed by atoms with van der Waals surface area (Å²) in [6.07, 6.45) is 4.45. The highest BCUT2D eigenvalue weighted by Gasteiger charge is 2.18. The Labute approximate surface area is 109 Å². The normalized spacial score (nSPS) is 20.9. The van der Waals surface area contributed by atoms with Gasteiger partial charge in [0, 0.05) is 13.2 Å². The first-order chi connectivity index (χ1) is 8.78. The van der Waals surface area contributed by atoms with Crippen molar-refractivity contribution in [1.82, 2.24) is 4.90 Å². The summed E-state index contributed by atoms with van der Waals surface area (Å²) >= 11 is 0. The number of nitrogens with zero attached hydrogens (tertiary/aromatic N) is 1. The Morgan fingerprint density at radius 3 is 2.78 bits per heavy atom. The first kappa shape index (κ1) is 13.4. The zero-order valence-electron chi connectivity index (χ0n) is 11.1. The number of likely N-dealkylation sites (N-methyl/N-ethyl adjacent to an activating group) is 1. The van der Waals surface area contributed by atoms with E-state index in [9.17, 15) is 0 Å². The van der Waals surface area contributed by atoms with Crippen LogP contribution in [0.2, 0.25) is 0 Å². The highest BCUT2D eigenvalue weighted by atomic mass is 16.5. The molecule has 1 unspecified atom stereocenters. The van der Waals surface area contributed by atoms with Gasteiger partial charge >= 0.3 is 0 Å². The van der Waals surface area contributed by atoms with Gasteiger partial charge in [-0.15, -0.1) is 0 Å². The highest BCUT2D eigenvalue weighted by Crippen LogP contribution is 2.19. The SMILES string of the molecule is CN1CCCC(Oc2ccc(CCCO)cc2)C1. The van der Waals surface area contributed by atoms with Crippen LogP contribution in [-0.2, 0) is 6.42 Å². The molecule has 1 aromatic rings. The van der Waals surface area contributed by atoms with Crippen LogP contribution in [0.3, 0.4) is 0 Å². The molecule has 0 bridgehead atoms. The predicted octanol–water partition coefficient (Wildman–Crippen LogP) is 2.08. The summed E-state index contributed by atoms with van der Waals surface area (Å²) in [6, 6.07) is 8.28. The number of rotatable bonds is 5. The van der Waals surface area contributed by atoms with E-state index >= 15 is 0 Å². The van der Waals surface area contributed by atoms with Crippen molar-refractivity contribution in [2.24, 2.45) is 0 Å². The van der Waals surface area contributed by atoms with Crippen LogP contribution >= 0.6 is 0 Å². The number of aryl methyl sites for hydroxylation is 1. The zero-order chi connectivity index (χ0) is 12.8. The van der Waals surface area contributed by atoms with Crippen molar-refractivity contribution in [3.63, 3.8) is 0 Å². The lowest BCUT2D eigenvalue weighted by atomic mass is 10.1. The summed E-state index contributed by atoms with van der Waals surface area (Å²) in [6.45, 7) is 2.46. The van der Waals surface area contributed by atoms with Crippen LogP contribution in [-0.4, -0.2) is 42.9 Å². The quantitative estimate of drug-likeness (QED) is 0.867. The number of piperidine rings is 1. The minimum absolute atomic E-state index is 0.257. The Balaban J connectivity index is 1.85. The lowest BCUT2D eigenvalue weighted by molar-refractivity contribution is 0.104. The first-order valence-electron chi connectivity index (χ1n) is 6.83. The molecular weight excluding hydrogens is 226 g/mol. The zero-order valence-corrected chi connectivity index (χ0v) is 11.1. The van der Waals surface area contributed by atoms with Crippen LogP contribution < -0.4 is 4.74 Å². The Hall–Kier alpha value is -1.06. The average Bonchev–Trinajstić information content (AvgIpc) is 2.38. The van der Waals surface area contributed by atoms with Crippen LogP contribution in [0, 0.1) is 0 Å². The number of aliphatic hydroxyl groups is 1. The van der Waals surface area contributed by atoms with Gasteiger partial charge in [-0.3, -0.25) is 0 Å². The number of benzene rings is 1. The van der Waals surface area contributed by atoms with E-state index in [2.05, 4.69) is 24.1 Å². The molecule has 1 aliphatic heterocycles. The fourth-order valence-corrected chi connectivity index (χ4v) is 2.43. The first-order valence-corrected chi connectivity index (χ1v) is 6.83. The van der Waals surface area contributed by atoms with E-state index < -0.39 is 0 Å². The third kappa shape index (κ3) is 4.00. The molecule has 0 aliphatic carbocycles. The summed E-state index contributed by atoms with van der Waals surface area (Å²) in [5, 5.41) is 8.79. The van der Waals surface area contributed by atoms with E-state index in [0.29, 0.717) is 6.10 Å². The standard InChI is InChI=1S/C15H23NO2/c1-16-10-2-5-15(12-16)18-14-8-6-13(7-9-14)4-3-11-17/h6-9,15,17H,2-5,10-12H2,1H3. The number of ether oxygens (including phenoxy) is 1. The summed E-state index contributed by atoms with van der Waals surface area (Å²) in [5.74, 6) is 0.961. The van der Waals surface area contributed by atoms with E-state index in [4.69, 9.17) is 9.84 Å². The smallest absolute Gasteiger partial charge is 0.119 e. The Morgan fingerprint density at radius 2 is 2.11 bits per heavy atom. The van der Waals surface area contributed by atoms with Gasteiger partial charge in [0.1, 0.15) is 11.9 Å². The largest absolute Gasteiger partial charge is 0.489 e. The molecule has 1 aromatic carbocycles. The summed E-state index contributed by atoms with van der Waals surface area (Å²) in [7, 11) is 2.15. The molecule has 3 heteroatoms. The Bertz CT molecular complexity index is 350. The van der Waals surface area contributed by atoms with Gasteiger partial charge in [-0.05, 0) is 57.0 Å². The van der Waals surface area contributed by atoms with Crippen LogP contribution in [0.5, 0.6) is 5.75 Å². The van der Waals surface area contributed by atoms with Gasteiger partial charge in [0.2, 0.25) is 0 Å². The number of aliphatic hydroxyl groups excluding tert-OH is 1. The molecule has 1 fully saturated rings. The lowest BCUT2D eigenvalue weighted by Crippen LogP contribution is -2.38. The minimum Gasteiger partial charge on any atom is -0.489 e. The molecule has 1 atom stereocenters. The predicted molar refractivity (Wildman–Crippen MR) is 73.0 cm³/mol. The van der Waals surface area contributed by atoms with Gasteiger partial charge in [-0.2, -0.15) is 0 Å². The van der Waals surface area contributed by atoms with E-state index in [-0.39, 0.29) is 6.61 Å². The third-order valence-corrected chi connectivity index (χ3v) is 3.43. The second kappa shape index (κ2) is 6.76. The number of likely N-dealkylation sites (tertiary alicyclic amines) is 1. The van der Waals surface area contributed by atoms with Crippen molar-refractivity contribution >= 4 is 0 Å². The van der Waals surface area contributed by atoms with Gasteiger partial charge < -0.3 is 14.7 Å². The topological polar surface area (TPSA) is 32.7 Å². The van der Waals surface area contributed by atoms with Crippen molar-refractivity contribution in [2.75, 3.05) is 26.7 Å². The lowest BCUT2D eigenvalue weighted by Gasteiger charge is -2.30. The highest BCUT2D eigenvalue weighted by molar-refractivity contribution is 5.27. The molecule has 1 saturated heterocycles. The second-order valence-corrected chi connectivity index (χ2v) is 5.12. The molecule has 0 saturated carbocycles. The summed E-state index contributed by atoms with van der Waals surface area (Å²) in [5.41, 5.74) is 1.26. The molecule has 0 aromatic heterocycles. The van der Waals surface area contributed by atoms with Crippen LogP contribution in [0.1, 0.15) is 24.8 Å². The Morgan fingerprint density at radius 1 is 1.33 bits per heavy atom. The van der Waals surface area contributed by atoms with E-state index in [1.807, 2.05) is 12.1 Å². The maximum Gasteiger partial charge on any atom is 0.119 e. The van der Waals surface area contributed by atoms with Gasteiger partial charge in [0.05, 0.1) is 0 Å². The second-order valence-electron chi connectivity index (χ2n) is 5.12. The van der Waals surface area contributed by atoms with E-state index in [1.54, 1.807) is 0 Å². The van der Waals surface area contributed by atoms with E-state index in [0.717, 1.165) is 31.6 Å². The maximum absolute atomic E-state index is 8.79. The summed E-state index contributed by atoms with van der Waals surface area (Å²) in [4.78, 5) is 2.32. The van der Waals surface area contributed by atoms with Crippen molar-refractivity contribution in [3.8, 4) is 5.75 Å². The fraction of sp³-hybridized carbons (Fsp3) is 0.600. The van der Waals surface area contributed by atoms with Crippen molar-refractivity contribution in [2.45, 2.75) is 31.8 Å². The van der Waals surface area contributed by atoms with E-state index in [1.165, 1.54) is 18.5 Å². The molecule has 2 rings (SSSR count). The molecule has 100 valence electrons. The van der Waals surface area contributed by atoms with Gasteiger partial charge in [-0.25, -0.2) is 0 Å². The number of hydrogen-bond donors (Lipinski definition) is 1. The van der Waals surface area contributed by atoms with Gasteiger partial charge in [0.15, 0.2) is 0 Å². The number of hydrogen-bond acceptors (Lipinski definition) is 3. The van der Waals surface area contributed by atoms with Gasteiger partial charge in [0.25, 0.3) is 0 Å². The third-order valence-electron chi connectivity index (χ3n) is 3.43.